The van der Waals surface area contributed by atoms with E-state index in [9.17, 15) is 9.59 Å². The maximum Gasteiger partial charge on any atom is 0.306 e. The Morgan fingerprint density at radius 3 is 1.12 bits per heavy atom. The molecule has 0 bridgehead atoms. The van der Waals surface area contributed by atoms with Crippen molar-refractivity contribution < 1.29 is 23.8 Å². The van der Waals surface area contributed by atoms with Gasteiger partial charge in [-0.2, -0.15) is 0 Å². The molecule has 64 heavy (non-hydrogen) atoms. The van der Waals surface area contributed by atoms with Crippen LogP contribution in [-0.4, -0.2) is 37.9 Å². The third kappa shape index (κ3) is 50.7. The zero-order valence-electron chi connectivity index (χ0n) is 41.2. The highest BCUT2D eigenvalue weighted by molar-refractivity contribution is 5.70. The minimum atomic E-state index is -0.599. The molecule has 1 atom stereocenters. The fourth-order valence-corrected chi connectivity index (χ4v) is 6.43. The second kappa shape index (κ2) is 53.4. The van der Waals surface area contributed by atoms with Gasteiger partial charge in [0.25, 0.3) is 0 Å². The van der Waals surface area contributed by atoms with E-state index in [1.54, 1.807) is 0 Å². The molecule has 0 heterocycles. The number of carbonyl (C=O) groups is 2. The van der Waals surface area contributed by atoms with Crippen molar-refractivity contribution in [2.75, 3.05) is 19.8 Å². The molecular formula is C59H94O5. The molecule has 0 aromatic heterocycles. The van der Waals surface area contributed by atoms with E-state index in [1.165, 1.54) is 38.5 Å². The molecule has 0 aliphatic rings. The first-order chi connectivity index (χ1) is 31.6. The topological polar surface area (TPSA) is 61.8 Å². The lowest BCUT2D eigenvalue weighted by Crippen LogP contribution is -2.30. The van der Waals surface area contributed by atoms with Crippen molar-refractivity contribution in [2.24, 2.45) is 0 Å². The fourth-order valence-electron chi connectivity index (χ4n) is 6.43. The lowest BCUT2D eigenvalue weighted by Gasteiger charge is -2.18. The summed E-state index contributed by atoms with van der Waals surface area (Å²) in [4.78, 5) is 25.4. The van der Waals surface area contributed by atoms with Crippen LogP contribution in [0.1, 0.15) is 201 Å². The molecule has 0 aromatic rings. The van der Waals surface area contributed by atoms with Crippen molar-refractivity contribution in [3.05, 3.63) is 134 Å². The highest BCUT2D eigenvalue weighted by Gasteiger charge is 2.17. The summed E-state index contributed by atoms with van der Waals surface area (Å²) in [5, 5.41) is 0. The summed E-state index contributed by atoms with van der Waals surface area (Å²) in [7, 11) is 0. The van der Waals surface area contributed by atoms with E-state index >= 15 is 0 Å². The normalized spacial score (nSPS) is 13.4. The molecule has 0 rings (SSSR count). The fraction of sp³-hybridized carbons (Fsp3) is 0.593. The molecule has 0 radical (unpaired) electrons. The molecule has 5 nitrogen and oxygen atoms in total. The van der Waals surface area contributed by atoms with Gasteiger partial charge in [0.2, 0.25) is 0 Å². The quantitative estimate of drug-likeness (QED) is 0.0346. The van der Waals surface area contributed by atoms with Crippen molar-refractivity contribution in [3.8, 4) is 0 Å². The summed E-state index contributed by atoms with van der Waals surface area (Å²) in [6.45, 7) is 7.28. The van der Waals surface area contributed by atoms with Crippen molar-refractivity contribution in [1.82, 2.24) is 0 Å². The van der Waals surface area contributed by atoms with Gasteiger partial charge in [-0.1, -0.05) is 206 Å². The number of allylic oxidation sites excluding steroid dienone is 21. The SMILES string of the molecule is CC/C=C\C/C=C\C/C=C\C/C=C\C/C=C\CCOCC(COC(=O)CCCCCCCC/C=C\C/C=C\C/C=C\C/C=C\CC)OC(=O)CCCCCCC/C=C\C/C=C\CCC. The van der Waals surface area contributed by atoms with E-state index in [0.717, 1.165) is 128 Å². The largest absolute Gasteiger partial charge is 0.462 e. The number of esters is 2. The Labute approximate surface area is 394 Å². The molecule has 0 aliphatic carbocycles. The van der Waals surface area contributed by atoms with Crippen molar-refractivity contribution in [3.63, 3.8) is 0 Å². The van der Waals surface area contributed by atoms with Crippen LogP contribution in [0.4, 0.5) is 0 Å². The molecule has 0 saturated heterocycles. The number of carbonyl (C=O) groups excluding carboxylic acids is 2. The maximum atomic E-state index is 12.8. The molecule has 0 aromatic carbocycles. The monoisotopic (exact) mass is 883 g/mol. The number of rotatable bonds is 45. The Hall–Kier alpha value is -3.96. The lowest BCUT2D eigenvalue weighted by molar-refractivity contribution is -0.162. The van der Waals surface area contributed by atoms with Crippen LogP contribution in [0.5, 0.6) is 0 Å². The van der Waals surface area contributed by atoms with E-state index in [0.29, 0.717) is 19.4 Å². The Bertz CT molecular complexity index is 1370. The van der Waals surface area contributed by atoms with Crippen LogP contribution < -0.4 is 0 Å². The highest BCUT2D eigenvalue weighted by Crippen LogP contribution is 2.12. The van der Waals surface area contributed by atoms with E-state index in [2.05, 4.69) is 154 Å². The Morgan fingerprint density at radius 2 is 0.703 bits per heavy atom. The van der Waals surface area contributed by atoms with Crippen LogP contribution in [-0.2, 0) is 23.8 Å². The van der Waals surface area contributed by atoms with Gasteiger partial charge >= 0.3 is 11.9 Å². The van der Waals surface area contributed by atoms with Crippen molar-refractivity contribution in [1.29, 1.82) is 0 Å². The molecule has 0 N–H and O–H groups in total. The van der Waals surface area contributed by atoms with E-state index < -0.39 is 6.10 Å². The smallest absolute Gasteiger partial charge is 0.306 e. The van der Waals surface area contributed by atoms with Gasteiger partial charge in [-0.15, -0.1) is 0 Å². The summed E-state index contributed by atoms with van der Waals surface area (Å²) in [6, 6.07) is 0. The predicted octanol–water partition coefficient (Wildman–Crippen LogP) is 17.6. The summed E-state index contributed by atoms with van der Waals surface area (Å²) in [5.41, 5.74) is 0. The first-order valence-electron chi connectivity index (χ1n) is 25.7. The number of unbranched alkanes of at least 4 members (excludes halogenated alkanes) is 12. The van der Waals surface area contributed by atoms with Crippen molar-refractivity contribution in [2.45, 2.75) is 207 Å². The van der Waals surface area contributed by atoms with Gasteiger partial charge in [0.05, 0.1) is 13.2 Å². The molecular weight excluding hydrogens is 789 g/mol. The number of ether oxygens (including phenoxy) is 3. The first kappa shape index (κ1) is 60.0. The molecule has 0 spiro atoms. The Morgan fingerprint density at radius 1 is 0.359 bits per heavy atom. The average Bonchev–Trinajstić information content (AvgIpc) is 3.30. The molecule has 0 fully saturated rings. The third-order valence-electron chi connectivity index (χ3n) is 10.2. The third-order valence-corrected chi connectivity index (χ3v) is 10.2. The van der Waals surface area contributed by atoms with Crippen LogP contribution in [0.25, 0.3) is 0 Å². The van der Waals surface area contributed by atoms with Gasteiger partial charge in [-0.25, -0.2) is 0 Å². The van der Waals surface area contributed by atoms with Crippen LogP contribution in [0.15, 0.2) is 134 Å². The minimum absolute atomic E-state index is 0.0332. The molecule has 360 valence electrons. The Kier molecular flexibility index (Phi) is 50.1. The van der Waals surface area contributed by atoms with Crippen LogP contribution in [0.2, 0.25) is 0 Å². The molecule has 0 aliphatic heterocycles. The predicted molar refractivity (Wildman–Crippen MR) is 278 cm³/mol. The van der Waals surface area contributed by atoms with E-state index in [1.807, 2.05) is 0 Å². The van der Waals surface area contributed by atoms with E-state index in [4.69, 9.17) is 14.2 Å². The van der Waals surface area contributed by atoms with Gasteiger partial charge < -0.3 is 14.2 Å². The summed E-state index contributed by atoms with van der Waals surface area (Å²) in [5.74, 6) is -0.481. The second-order valence-corrected chi connectivity index (χ2v) is 16.3. The van der Waals surface area contributed by atoms with Gasteiger partial charge in [0.1, 0.15) is 6.61 Å². The molecule has 1 unspecified atom stereocenters. The van der Waals surface area contributed by atoms with Gasteiger partial charge in [-0.3, -0.25) is 9.59 Å². The van der Waals surface area contributed by atoms with Crippen molar-refractivity contribution >= 4 is 11.9 Å². The molecule has 5 heteroatoms. The van der Waals surface area contributed by atoms with Gasteiger partial charge in [0, 0.05) is 12.8 Å². The summed E-state index contributed by atoms with van der Waals surface area (Å²) < 4.78 is 17.3. The summed E-state index contributed by atoms with van der Waals surface area (Å²) >= 11 is 0. The maximum absolute atomic E-state index is 12.8. The van der Waals surface area contributed by atoms with Crippen LogP contribution >= 0.6 is 0 Å². The molecule has 0 saturated carbocycles. The average molecular weight is 883 g/mol. The highest BCUT2D eigenvalue weighted by atomic mass is 16.6. The molecule has 0 amide bonds. The second-order valence-electron chi connectivity index (χ2n) is 16.3. The zero-order valence-corrected chi connectivity index (χ0v) is 41.2. The van der Waals surface area contributed by atoms with Crippen LogP contribution in [0.3, 0.4) is 0 Å². The lowest BCUT2D eigenvalue weighted by atomic mass is 10.1. The standard InChI is InChI=1S/C59H94O5/c1-4-7-10-13-16-19-22-25-27-29-30-31-32-35-37-40-43-46-49-52-58(60)63-56-57(64-59(61)53-50-47-44-41-38-34-24-21-18-15-12-9-6-3)55-62-54-51-48-45-42-39-36-33-28-26-23-20-17-14-11-8-5-2/h7-8,10-12,15-17,19-21,24-28,30-31,36,39,45,48,57H,4-6,9,13-14,18,22-23,29,32-35,37-38,40-44,46-47,49-56H2,1-3H3/b10-7-,11-8-,15-12-,19-16-,20-17-,24-21-,27-25-,28-26-,31-30-,39-36-,48-45-. The first-order valence-corrected chi connectivity index (χ1v) is 25.7. The Balaban J connectivity index is 4.43. The number of hydrogen-bond donors (Lipinski definition) is 0. The minimum Gasteiger partial charge on any atom is -0.462 e. The number of hydrogen-bond acceptors (Lipinski definition) is 5. The van der Waals surface area contributed by atoms with Gasteiger partial charge in [-0.05, 0) is 116 Å². The van der Waals surface area contributed by atoms with E-state index in [-0.39, 0.29) is 25.2 Å². The zero-order chi connectivity index (χ0) is 46.3. The van der Waals surface area contributed by atoms with Crippen LogP contribution in [0, 0.1) is 0 Å². The van der Waals surface area contributed by atoms with Gasteiger partial charge in [0.15, 0.2) is 6.10 Å². The summed E-state index contributed by atoms with van der Waals surface area (Å²) in [6.07, 6.45) is 76.2.